The topological polar surface area (TPSA) is 62.2 Å². The molecule has 2 aromatic rings. The highest BCUT2D eigenvalue weighted by atomic mass is 32.1. The van der Waals surface area contributed by atoms with Gasteiger partial charge in [0.15, 0.2) is 0 Å². The average Bonchev–Trinajstić information content (AvgIpc) is 2.80. The molecule has 2 aromatic heterocycles. The Kier molecular flexibility index (Phi) is 4.07. The van der Waals surface area contributed by atoms with Crippen molar-refractivity contribution in [2.24, 2.45) is 0 Å². The van der Waals surface area contributed by atoms with Gasteiger partial charge in [-0.25, -0.2) is 4.79 Å². The third-order valence-electron chi connectivity index (χ3n) is 2.58. The van der Waals surface area contributed by atoms with Crippen molar-refractivity contribution >= 4 is 17.3 Å². The summed E-state index contributed by atoms with van der Waals surface area (Å²) < 4.78 is 0. The number of pyridine rings is 1. The molecule has 0 radical (unpaired) electrons. The van der Waals surface area contributed by atoms with E-state index in [9.17, 15) is 4.79 Å². The summed E-state index contributed by atoms with van der Waals surface area (Å²) in [5.74, 6) is -0.869. The lowest BCUT2D eigenvalue weighted by Crippen LogP contribution is -2.13. The predicted octanol–water partition coefficient (Wildman–Crippen LogP) is 2.44. The number of nitrogens with one attached hydrogen (secondary N) is 1. The van der Waals surface area contributed by atoms with E-state index < -0.39 is 5.97 Å². The summed E-state index contributed by atoms with van der Waals surface area (Å²) >= 11 is 1.30. The lowest BCUT2D eigenvalue weighted by Gasteiger charge is -2.05. The third-order valence-corrected chi connectivity index (χ3v) is 3.66. The smallest absolute Gasteiger partial charge is 0.345 e. The largest absolute Gasteiger partial charge is 0.477 e. The van der Waals surface area contributed by atoms with E-state index in [2.05, 4.69) is 10.3 Å². The number of carbonyl (C=O) groups is 1. The minimum Gasteiger partial charge on any atom is -0.477 e. The van der Waals surface area contributed by atoms with Gasteiger partial charge in [0.25, 0.3) is 0 Å². The van der Waals surface area contributed by atoms with Crippen molar-refractivity contribution in [2.45, 2.75) is 20.0 Å². The van der Waals surface area contributed by atoms with Crippen LogP contribution in [0, 0.1) is 6.92 Å². The first kappa shape index (κ1) is 12.7. The molecular weight excluding hydrogens is 248 g/mol. The minimum absolute atomic E-state index is 0.376. The molecule has 2 N–H and O–H groups in total. The zero-order valence-electron chi connectivity index (χ0n) is 10.0. The molecule has 0 unspecified atom stereocenters. The van der Waals surface area contributed by atoms with Crippen LogP contribution >= 0.6 is 11.3 Å². The molecule has 0 amide bonds. The number of carboxylic acids is 1. The van der Waals surface area contributed by atoms with Crippen LogP contribution in [-0.4, -0.2) is 16.1 Å². The molecular formula is C13H14N2O2S. The number of carboxylic acid groups (broad SMARTS) is 1. The highest BCUT2D eigenvalue weighted by Gasteiger charge is 2.06. The highest BCUT2D eigenvalue weighted by molar-refractivity contribution is 7.13. The van der Waals surface area contributed by atoms with Gasteiger partial charge in [0.2, 0.25) is 0 Å². The van der Waals surface area contributed by atoms with Gasteiger partial charge in [-0.1, -0.05) is 6.07 Å². The number of rotatable bonds is 5. The fraction of sp³-hybridized carbons (Fsp3) is 0.231. The van der Waals surface area contributed by atoms with Crippen molar-refractivity contribution in [3.05, 3.63) is 51.5 Å². The van der Waals surface area contributed by atoms with E-state index in [1.165, 1.54) is 11.3 Å². The number of aromatic nitrogens is 1. The van der Waals surface area contributed by atoms with Gasteiger partial charge >= 0.3 is 5.97 Å². The van der Waals surface area contributed by atoms with Crippen molar-refractivity contribution in [1.82, 2.24) is 10.3 Å². The van der Waals surface area contributed by atoms with Crippen LogP contribution in [0.4, 0.5) is 0 Å². The first-order valence-corrected chi connectivity index (χ1v) is 6.41. The van der Waals surface area contributed by atoms with Gasteiger partial charge in [-0.15, -0.1) is 11.3 Å². The van der Waals surface area contributed by atoms with Crippen LogP contribution in [-0.2, 0) is 13.1 Å². The van der Waals surface area contributed by atoms with Crippen LogP contribution in [0.25, 0.3) is 0 Å². The number of aromatic carboxylic acids is 1. The molecule has 0 aromatic carbocycles. The number of hydrogen-bond donors (Lipinski definition) is 2. The second kappa shape index (κ2) is 5.75. The number of hydrogen-bond acceptors (Lipinski definition) is 4. The maximum Gasteiger partial charge on any atom is 0.345 e. The molecule has 94 valence electrons. The summed E-state index contributed by atoms with van der Waals surface area (Å²) in [5.41, 5.74) is 2.18. The summed E-state index contributed by atoms with van der Waals surface area (Å²) in [6.07, 6.45) is 1.78. The fourth-order valence-corrected chi connectivity index (χ4v) is 2.41. The van der Waals surface area contributed by atoms with Crippen molar-refractivity contribution in [2.75, 3.05) is 0 Å². The summed E-state index contributed by atoms with van der Waals surface area (Å²) in [5, 5.41) is 12.1. The summed E-state index contributed by atoms with van der Waals surface area (Å²) in [4.78, 5) is 16.4. The van der Waals surface area contributed by atoms with Crippen molar-refractivity contribution < 1.29 is 9.90 Å². The molecule has 0 aliphatic rings. The van der Waals surface area contributed by atoms with Gasteiger partial charge in [0.1, 0.15) is 4.88 Å². The van der Waals surface area contributed by atoms with E-state index in [-0.39, 0.29) is 0 Å². The first-order valence-electron chi connectivity index (χ1n) is 5.60. The van der Waals surface area contributed by atoms with Crippen LogP contribution in [0.5, 0.6) is 0 Å². The van der Waals surface area contributed by atoms with E-state index in [0.717, 1.165) is 16.1 Å². The SMILES string of the molecule is Cc1cccnc1CNCc1ccc(C(=O)O)s1. The summed E-state index contributed by atoms with van der Waals surface area (Å²) in [7, 11) is 0. The molecule has 0 saturated heterocycles. The number of nitrogens with zero attached hydrogens (tertiary/aromatic N) is 1. The van der Waals surface area contributed by atoms with E-state index in [0.29, 0.717) is 18.0 Å². The molecule has 0 aliphatic heterocycles. The van der Waals surface area contributed by atoms with Gasteiger partial charge in [0.05, 0.1) is 5.69 Å². The molecule has 5 heteroatoms. The zero-order chi connectivity index (χ0) is 13.0. The van der Waals surface area contributed by atoms with Crippen LogP contribution in [0.15, 0.2) is 30.5 Å². The third kappa shape index (κ3) is 3.15. The molecule has 2 heterocycles. The Hall–Kier alpha value is -1.72. The van der Waals surface area contributed by atoms with Gasteiger partial charge in [-0.05, 0) is 30.7 Å². The van der Waals surface area contributed by atoms with E-state index in [1.54, 1.807) is 12.3 Å². The molecule has 0 aliphatic carbocycles. The maximum absolute atomic E-state index is 10.7. The predicted molar refractivity (Wildman–Crippen MR) is 70.8 cm³/mol. The average molecular weight is 262 g/mol. The zero-order valence-corrected chi connectivity index (χ0v) is 10.8. The molecule has 0 atom stereocenters. The van der Waals surface area contributed by atoms with Crippen molar-refractivity contribution in [3.8, 4) is 0 Å². The lowest BCUT2D eigenvalue weighted by molar-refractivity contribution is 0.0702. The molecule has 0 saturated carbocycles. The molecule has 2 rings (SSSR count). The number of aryl methyl sites for hydroxylation is 1. The van der Waals surface area contributed by atoms with Crippen molar-refractivity contribution in [1.29, 1.82) is 0 Å². The Labute approximate surface area is 109 Å². The maximum atomic E-state index is 10.7. The van der Waals surface area contributed by atoms with Crippen LogP contribution < -0.4 is 5.32 Å². The Bertz CT molecular complexity index is 551. The van der Waals surface area contributed by atoms with Crippen LogP contribution in [0.2, 0.25) is 0 Å². The second-order valence-electron chi connectivity index (χ2n) is 3.94. The van der Waals surface area contributed by atoms with E-state index >= 15 is 0 Å². The normalized spacial score (nSPS) is 10.5. The Morgan fingerprint density at radius 3 is 2.89 bits per heavy atom. The molecule has 0 spiro atoms. The second-order valence-corrected chi connectivity index (χ2v) is 5.11. The first-order chi connectivity index (χ1) is 8.66. The Morgan fingerprint density at radius 1 is 1.39 bits per heavy atom. The number of thiophene rings is 1. The molecule has 4 nitrogen and oxygen atoms in total. The van der Waals surface area contributed by atoms with E-state index in [4.69, 9.17) is 5.11 Å². The summed E-state index contributed by atoms with van der Waals surface area (Å²) in [6.45, 7) is 3.37. The lowest BCUT2D eigenvalue weighted by atomic mass is 10.2. The van der Waals surface area contributed by atoms with Crippen LogP contribution in [0.1, 0.15) is 25.8 Å². The quantitative estimate of drug-likeness (QED) is 0.868. The van der Waals surface area contributed by atoms with Gasteiger partial charge in [0, 0.05) is 24.2 Å². The van der Waals surface area contributed by atoms with Gasteiger partial charge < -0.3 is 10.4 Å². The highest BCUT2D eigenvalue weighted by Crippen LogP contribution is 2.16. The fourth-order valence-electron chi connectivity index (χ4n) is 1.60. The standard InChI is InChI=1S/C13H14N2O2S/c1-9-3-2-6-15-11(9)8-14-7-10-4-5-12(18-10)13(16)17/h2-6,14H,7-8H2,1H3,(H,16,17). The Balaban J connectivity index is 1.88. The monoisotopic (exact) mass is 262 g/mol. The van der Waals surface area contributed by atoms with Gasteiger partial charge in [-0.2, -0.15) is 0 Å². The Morgan fingerprint density at radius 2 is 2.22 bits per heavy atom. The molecule has 18 heavy (non-hydrogen) atoms. The summed E-state index contributed by atoms with van der Waals surface area (Å²) in [6, 6.07) is 7.41. The van der Waals surface area contributed by atoms with Crippen LogP contribution in [0.3, 0.4) is 0 Å². The van der Waals surface area contributed by atoms with Crippen molar-refractivity contribution in [3.63, 3.8) is 0 Å². The van der Waals surface area contributed by atoms with Gasteiger partial charge in [-0.3, -0.25) is 4.98 Å². The minimum atomic E-state index is -0.869. The molecule has 0 bridgehead atoms. The van der Waals surface area contributed by atoms with E-state index in [1.807, 2.05) is 25.1 Å². The molecule has 0 fully saturated rings.